The lowest BCUT2D eigenvalue weighted by molar-refractivity contribution is -0.118. The molecular formula is C19H18N4O2. The van der Waals surface area contributed by atoms with Gasteiger partial charge in [0.15, 0.2) is 0 Å². The zero-order valence-corrected chi connectivity index (χ0v) is 13.7. The summed E-state index contributed by atoms with van der Waals surface area (Å²) < 4.78 is 1.59. The van der Waals surface area contributed by atoms with Gasteiger partial charge in [0.1, 0.15) is 6.04 Å². The van der Waals surface area contributed by atoms with Crippen LogP contribution in [0.5, 0.6) is 0 Å². The maximum absolute atomic E-state index is 12.7. The number of carbonyl (C=O) groups excluding carboxylic acids is 2. The number of anilines is 1. The second-order valence-corrected chi connectivity index (χ2v) is 5.58. The van der Waals surface area contributed by atoms with E-state index < -0.39 is 6.04 Å². The highest BCUT2D eigenvalue weighted by Gasteiger charge is 2.23. The third-order valence-electron chi connectivity index (χ3n) is 3.68. The van der Waals surface area contributed by atoms with Crippen molar-refractivity contribution in [3.05, 3.63) is 84.2 Å². The predicted molar refractivity (Wildman–Crippen MR) is 94.9 cm³/mol. The predicted octanol–water partition coefficient (Wildman–Crippen LogP) is 2.53. The van der Waals surface area contributed by atoms with Crippen molar-refractivity contribution in [3.8, 4) is 0 Å². The quantitative estimate of drug-likeness (QED) is 0.753. The van der Waals surface area contributed by atoms with E-state index in [1.54, 1.807) is 60.5 Å². The van der Waals surface area contributed by atoms with E-state index >= 15 is 0 Å². The maximum Gasteiger partial charge on any atom is 0.252 e. The summed E-state index contributed by atoms with van der Waals surface area (Å²) in [4.78, 5) is 25.2. The lowest BCUT2D eigenvalue weighted by Crippen LogP contribution is -2.37. The summed E-state index contributed by atoms with van der Waals surface area (Å²) in [6, 6.07) is 17.1. The zero-order valence-electron chi connectivity index (χ0n) is 13.7. The highest BCUT2D eigenvalue weighted by atomic mass is 16.2. The molecule has 0 saturated carbocycles. The second-order valence-electron chi connectivity index (χ2n) is 5.58. The largest absolute Gasteiger partial charge is 0.336 e. The summed E-state index contributed by atoms with van der Waals surface area (Å²) >= 11 is 0. The van der Waals surface area contributed by atoms with Gasteiger partial charge in [-0.2, -0.15) is 5.10 Å². The van der Waals surface area contributed by atoms with E-state index in [1.807, 2.05) is 24.3 Å². The van der Waals surface area contributed by atoms with E-state index in [0.29, 0.717) is 16.8 Å². The Balaban J connectivity index is 1.82. The van der Waals surface area contributed by atoms with Gasteiger partial charge in [0.05, 0.1) is 11.9 Å². The van der Waals surface area contributed by atoms with Gasteiger partial charge < -0.3 is 10.6 Å². The van der Waals surface area contributed by atoms with E-state index in [2.05, 4.69) is 15.7 Å². The Morgan fingerprint density at radius 1 is 1.00 bits per heavy atom. The van der Waals surface area contributed by atoms with Crippen LogP contribution in [0, 0.1) is 0 Å². The first-order valence-corrected chi connectivity index (χ1v) is 7.84. The standard InChI is InChI=1S/C19H18N4O2/c1-23-13-16(12-20-23)21-19(25)17(14-8-4-2-5-9-14)22-18(24)15-10-6-3-7-11-15/h2-13,17H,1H3,(H,21,25)(H,22,24)/t17-/m1/s1. The first kappa shape index (κ1) is 16.4. The number of aromatic nitrogens is 2. The fourth-order valence-electron chi connectivity index (χ4n) is 2.45. The number of nitrogens with zero attached hydrogens (tertiary/aromatic N) is 2. The minimum Gasteiger partial charge on any atom is -0.336 e. The minimum absolute atomic E-state index is 0.309. The van der Waals surface area contributed by atoms with Gasteiger partial charge >= 0.3 is 0 Å². The van der Waals surface area contributed by atoms with Gasteiger partial charge in [-0.1, -0.05) is 48.5 Å². The first-order chi connectivity index (χ1) is 12.1. The molecule has 2 amide bonds. The number of hydrogen-bond acceptors (Lipinski definition) is 3. The Hall–Kier alpha value is -3.41. The van der Waals surface area contributed by atoms with E-state index in [9.17, 15) is 9.59 Å². The van der Waals surface area contributed by atoms with E-state index in [-0.39, 0.29) is 11.8 Å². The number of nitrogens with one attached hydrogen (secondary N) is 2. The molecule has 6 heteroatoms. The smallest absolute Gasteiger partial charge is 0.252 e. The molecule has 0 unspecified atom stereocenters. The highest BCUT2D eigenvalue weighted by molar-refractivity contribution is 6.01. The van der Waals surface area contributed by atoms with Crippen molar-refractivity contribution in [1.29, 1.82) is 0 Å². The molecule has 0 radical (unpaired) electrons. The number of rotatable bonds is 5. The monoisotopic (exact) mass is 334 g/mol. The Bertz CT molecular complexity index is 859. The fraction of sp³-hybridized carbons (Fsp3) is 0.105. The molecule has 3 rings (SSSR count). The maximum atomic E-state index is 12.7. The molecule has 0 bridgehead atoms. The molecule has 126 valence electrons. The van der Waals surface area contributed by atoms with Crippen LogP contribution in [-0.2, 0) is 11.8 Å². The molecule has 3 aromatic rings. The van der Waals surface area contributed by atoms with Crippen LogP contribution in [-0.4, -0.2) is 21.6 Å². The number of hydrogen-bond donors (Lipinski definition) is 2. The Labute approximate surface area is 145 Å². The molecule has 1 aromatic heterocycles. The van der Waals surface area contributed by atoms with E-state index in [0.717, 1.165) is 0 Å². The van der Waals surface area contributed by atoms with Crippen LogP contribution in [0.3, 0.4) is 0 Å². The van der Waals surface area contributed by atoms with Crippen LogP contribution in [0.2, 0.25) is 0 Å². The van der Waals surface area contributed by atoms with Crippen molar-refractivity contribution < 1.29 is 9.59 Å². The summed E-state index contributed by atoms with van der Waals surface area (Å²) in [6.07, 6.45) is 3.25. The molecule has 2 aromatic carbocycles. The third-order valence-corrected chi connectivity index (χ3v) is 3.68. The topological polar surface area (TPSA) is 76.0 Å². The van der Waals surface area contributed by atoms with Crippen LogP contribution in [0.25, 0.3) is 0 Å². The molecule has 0 spiro atoms. The van der Waals surface area contributed by atoms with Crippen molar-refractivity contribution in [1.82, 2.24) is 15.1 Å². The summed E-state index contributed by atoms with van der Waals surface area (Å²) in [5, 5.41) is 9.60. The lowest BCUT2D eigenvalue weighted by Gasteiger charge is -2.18. The van der Waals surface area contributed by atoms with Gasteiger partial charge in [0.25, 0.3) is 11.8 Å². The van der Waals surface area contributed by atoms with E-state index in [4.69, 9.17) is 0 Å². The lowest BCUT2D eigenvalue weighted by atomic mass is 10.1. The average Bonchev–Trinajstić information content (AvgIpc) is 3.05. The van der Waals surface area contributed by atoms with Crippen LogP contribution >= 0.6 is 0 Å². The van der Waals surface area contributed by atoms with Crippen LogP contribution < -0.4 is 10.6 Å². The van der Waals surface area contributed by atoms with Gasteiger partial charge in [-0.25, -0.2) is 0 Å². The molecule has 2 N–H and O–H groups in total. The molecule has 1 heterocycles. The normalized spacial score (nSPS) is 11.6. The van der Waals surface area contributed by atoms with Crippen molar-refractivity contribution in [2.45, 2.75) is 6.04 Å². The van der Waals surface area contributed by atoms with Gasteiger partial charge in [-0.15, -0.1) is 0 Å². The summed E-state index contributed by atoms with van der Waals surface area (Å²) in [5.41, 5.74) is 1.77. The zero-order chi connectivity index (χ0) is 17.6. The van der Waals surface area contributed by atoms with Crippen molar-refractivity contribution in [2.75, 3.05) is 5.32 Å². The highest BCUT2D eigenvalue weighted by Crippen LogP contribution is 2.16. The first-order valence-electron chi connectivity index (χ1n) is 7.84. The molecule has 6 nitrogen and oxygen atoms in total. The van der Waals surface area contributed by atoms with Gasteiger partial charge in [0, 0.05) is 18.8 Å². The third kappa shape index (κ3) is 4.11. The number of amides is 2. The molecule has 0 aliphatic rings. The van der Waals surface area contributed by atoms with Crippen molar-refractivity contribution in [3.63, 3.8) is 0 Å². The average molecular weight is 334 g/mol. The summed E-state index contributed by atoms with van der Waals surface area (Å²) in [6.45, 7) is 0. The van der Waals surface area contributed by atoms with Gasteiger partial charge in [-0.05, 0) is 17.7 Å². The molecule has 0 saturated heterocycles. The number of aryl methyl sites for hydroxylation is 1. The van der Waals surface area contributed by atoms with Gasteiger partial charge in [-0.3, -0.25) is 14.3 Å². The molecule has 0 aliphatic heterocycles. The summed E-state index contributed by atoms with van der Waals surface area (Å²) in [5.74, 6) is -0.640. The molecule has 0 aliphatic carbocycles. The number of benzene rings is 2. The Morgan fingerprint density at radius 3 is 2.24 bits per heavy atom. The second kappa shape index (κ2) is 7.44. The van der Waals surface area contributed by atoms with Crippen LogP contribution in [0.1, 0.15) is 22.0 Å². The van der Waals surface area contributed by atoms with Crippen molar-refractivity contribution in [2.24, 2.45) is 7.05 Å². The van der Waals surface area contributed by atoms with Crippen molar-refractivity contribution >= 4 is 17.5 Å². The molecule has 25 heavy (non-hydrogen) atoms. The minimum atomic E-state index is -0.811. The van der Waals surface area contributed by atoms with Crippen LogP contribution in [0.4, 0.5) is 5.69 Å². The Morgan fingerprint density at radius 2 is 1.64 bits per heavy atom. The summed E-state index contributed by atoms with van der Waals surface area (Å²) in [7, 11) is 1.77. The SMILES string of the molecule is Cn1cc(NC(=O)[C@H](NC(=O)c2ccccc2)c2ccccc2)cn1. The van der Waals surface area contributed by atoms with Crippen LogP contribution in [0.15, 0.2) is 73.1 Å². The molecule has 1 atom stereocenters. The fourth-order valence-corrected chi connectivity index (χ4v) is 2.45. The van der Waals surface area contributed by atoms with E-state index in [1.165, 1.54) is 0 Å². The molecule has 0 fully saturated rings. The van der Waals surface area contributed by atoms with Gasteiger partial charge in [0.2, 0.25) is 0 Å². The number of carbonyl (C=O) groups is 2. The molecular weight excluding hydrogens is 316 g/mol. The Kier molecular flexibility index (Phi) is 4.89.